The second-order valence-electron chi connectivity index (χ2n) is 4.60. The van der Waals surface area contributed by atoms with Gasteiger partial charge in [-0.2, -0.15) is 13.2 Å². The Bertz CT molecular complexity index is 518. The Hall–Kier alpha value is -1.99. The molecule has 2 rings (SSSR count). The van der Waals surface area contributed by atoms with Crippen LogP contribution in [0.25, 0.3) is 0 Å². The summed E-state index contributed by atoms with van der Waals surface area (Å²) in [5.41, 5.74) is 4.47. The van der Waals surface area contributed by atoms with Crippen LogP contribution in [0.2, 0.25) is 0 Å². The minimum Gasteiger partial charge on any atom is -0.373 e. The van der Waals surface area contributed by atoms with Gasteiger partial charge in [-0.15, -0.1) is 0 Å². The van der Waals surface area contributed by atoms with Gasteiger partial charge in [-0.25, -0.2) is 4.98 Å². The molecule has 1 amide bonds. The molecule has 1 saturated heterocycles. The van der Waals surface area contributed by atoms with Gasteiger partial charge in [0.1, 0.15) is 17.7 Å². The third-order valence-electron chi connectivity index (χ3n) is 3.27. The molecule has 3 N–H and O–H groups in total. The Morgan fingerprint density at radius 2 is 2.20 bits per heavy atom. The molecule has 20 heavy (non-hydrogen) atoms. The van der Waals surface area contributed by atoms with Gasteiger partial charge in [0, 0.05) is 13.6 Å². The standard InChI is InChI=1S/C12H15F3N4O/c1-17-9-5-7(12(13,14)15)6-10(18-9)19-4-2-3-8(19)11(16)20/h5-6,8H,2-4H2,1H3,(H2,16,20)(H,17,18). The number of primary amides is 1. The highest BCUT2D eigenvalue weighted by Crippen LogP contribution is 2.34. The zero-order valence-electron chi connectivity index (χ0n) is 10.9. The second kappa shape index (κ2) is 5.18. The van der Waals surface area contributed by atoms with Gasteiger partial charge in [0.05, 0.1) is 5.56 Å². The molecule has 0 bridgehead atoms. The summed E-state index contributed by atoms with van der Waals surface area (Å²) in [7, 11) is 1.49. The maximum absolute atomic E-state index is 12.9. The predicted octanol–water partition coefficient (Wildman–Crippen LogP) is 1.60. The number of nitrogens with two attached hydrogens (primary N) is 1. The molecule has 1 aliphatic rings. The molecule has 0 spiro atoms. The summed E-state index contributed by atoms with van der Waals surface area (Å²) in [6.07, 6.45) is -3.24. The van der Waals surface area contributed by atoms with E-state index in [2.05, 4.69) is 10.3 Å². The predicted molar refractivity (Wildman–Crippen MR) is 68.3 cm³/mol. The van der Waals surface area contributed by atoms with Crippen molar-refractivity contribution in [2.75, 3.05) is 23.8 Å². The molecule has 0 radical (unpaired) electrons. The minimum absolute atomic E-state index is 0.102. The number of carbonyl (C=O) groups is 1. The topological polar surface area (TPSA) is 71.2 Å². The summed E-state index contributed by atoms with van der Waals surface area (Å²) in [6.45, 7) is 0.463. The summed E-state index contributed by atoms with van der Waals surface area (Å²) in [6, 6.07) is 1.27. The van der Waals surface area contributed by atoms with Crippen LogP contribution in [0.3, 0.4) is 0 Å². The first-order valence-electron chi connectivity index (χ1n) is 6.16. The van der Waals surface area contributed by atoms with E-state index in [-0.39, 0.29) is 11.6 Å². The average Bonchev–Trinajstić information content (AvgIpc) is 2.86. The summed E-state index contributed by atoms with van der Waals surface area (Å²) in [5.74, 6) is -0.330. The highest BCUT2D eigenvalue weighted by atomic mass is 19.4. The van der Waals surface area contributed by atoms with Gasteiger partial charge in [0.25, 0.3) is 0 Å². The molecule has 8 heteroatoms. The summed E-state index contributed by atoms with van der Waals surface area (Å²) in [5, 5.41) is 2.59. The SMILES string of the molecule is CNc1cc(C(F)(F)F)cc(N2CCCC2C(N)=O)n1. The molecular formula is C12H15F3N4O. The third-order valence-corrected chi connectivity index (χ3v) is 3.27. The van der Waals surface area contributed by atoms with Gasteiger partial charge >= 0.3 is 6.18 Å². The fraction of sp³-hybridized carbons (Fsp3) is 0.500. The number of hydrogen-bond donors (Lipinski definition) is 2. The van der Waals surface area contributed by atoms with Crippen molar-refractivity contribution >= 4 is 17.5 Å². The number of amides is 1. The number of halogens is 3. The van der Waals surface area contributed by atoms with Gasteiger partial charge < -0.3 is 16.0 Å². The lowest BCUT2D eigenvalue weighted by Crippen LogP contribution is -2.40. The zero-order valence-corrected chi connectivity index (χ0v) is 10.9. The normalized spacial score (nSPS) is 19.2. The third kappa shape index (κ3) is 2.78. The summed E-state index contributed by atoms with van der Waals surface area (Å²) in [4.78, 5) is 16.9. The molecule has 110 valence electrons. The maximum atomic E-state index is 12.9. The van der Waals surface area contributed by atoms with Crippen LogP contribution in [-0.4, -0.2) is 30.5 Å². The van der Waals surface area contributed by atoms with E-state index in [0.717, 1.165) is 12.1 Å². The Morgan fingerprint density at radius 3 is 2.75 bits per heavy atom. The van der Waals surface area contributed by atoms with E-state index in [4.69, 9.17) is 5.73 Å². The molecule has 0 aromatic carbocycles. The lowest BCUT2D eigenvalue weighted by atomic mass is 10.2. The van der Waals surface area contributed by atoms with Crippen molar-refractivity contribution < 1.29 is 18.0 Å². The van der Waals surface area contributed by atoms with E-state index in [9.17, 15) is 18.0 Å². The van der Waals surface area contributed by atoms with Crippen molar-refractivity contribution in [1.82, 2.24) is 4.98 Å². The number of hydrogen-bond acceptors (Lipinski definition) is 4. The average molecular weight is 288 g/mol. The molecule has 0 aliphatic carbocycles. The lowest BCUT2D eigenvalue weighted by Gasteiger charge is -2.24. The van der Waals surface area contributed by atoms with Crippen molar-refractivity contribution in [3.8, 4) is 0 Å². The van der Waals surface area contributed by atoms with Crippen LogP contribution in [0.1, 0.15) is 18.4 Å². The zero-order chi connectivity index (χ0) is 14.9. The lowest BCUT2D eigenvalue weighted by molar-refractivity contribution is -0.137. The minimum atomic E-state index is -4.47. The molecule has 2 heterocycles. The Kier molecular flexibility index (Phi) is 3.74. The fourth-order valence-electron chi connectivity index (χ4n) is 2.29. The van der Waals surface area contributed by atoms with Crippen LogP contribution < -0.4 is 16.0 Å². The molecule has 1 aromatic heterocycles. The van der Waals surface area contributed by atoms with Crippen molar-refractivity contribution in [3.05, 3.63) is 17.7 Å². The second-order valence-corrected chi connectivity index (χ2v) is 4.60. The van der Waals surface area contributed by atoms with Gasteiger partial charge in [-0.1, -0.05) is 0 Å². The van der Waals surface area contributed by atoms with Crippen LogP contribution in [0.4, 0.5) is 24.8 Å². The highest BCUT2D eigenvalue weighted by Gasteiger charge is 2.35. The van der Waals surface area contributed by atoms with E-state index >= 15 is 0 Å². The first-order chi connectivity index (χ1) is 9.32. The smallest absolute Gasteiger partial charge is 0.373 e. The van der Waals surface area contributed by atoms with E-state index in [1.807, 2.05) is 0 Å². The van der Waals surface area contributed by atoms with Crippen LogP contribution in [-0.2, 0) is 11.0 Å². The van der Waals surface area contributed by atoms with Crippen molar-refractivity contribution in [1.29, 1.82) is 0 Å². The fourth-order valence-corrected chi connectivity index (χ4v) is 2.29. The molecular weight excluding hydrogens is 273 g/mol. The number of nitrogens with one attached hydrogen (secondary N) is 1. The number of aromatic nitrogens is 1. The van der Waals surface area contributed by atoms with Gasteiger partial charge in [0.2, 0.25) is 5.91 Å². The van der Waals surface area contributed by atoms with Crippen LogP contribution in [0.5, 0.6) is 0 Å². The molecule has 1 unspecified atom stereocenters. The van der Waals surface area contributed by atoms with E-state index in [1.54, 1.807) is 0 Å². The number of carbonyl (C=O) groups excluding carboxylic acids is 1. The number of alkyl halides is 3. The largest absolute Gasteiger partial charge is 0.416 e. The molecule has 1 atom stereocenters. The van der Waals surface area contributed by atoms with E-state index in [0.29, 0.717) is 19.4 Å². The molecule has 1 aliphatic heterocycles. The summed E-state index contributed by atoms with van der Waals surface area (Å²) < 4.78 is 38.6. The molecule has 5 nitrogen and oxygen atoms in total. The van der Waals surface area contributed by atoms with E-state index in [1.165, 1.54) is 11.9 Å². The number of anilines is 2. The Balaban J connectivity index is 2.43. The quantitative estimate of drug-likeness (QED) is 0.886. The van der Waals surface area contributed by atoms with E-state index < -0.39 is 23.7 Å². The van der Waals surface area contributed by atoms with Gasteiger partial charge in [-0.05, 0) is 25.0 Å². The van der Waals surface area contributed by atoms with Crippen LogP contribution in [0, 0.1) is 0 Å². The molecule has 1 aromatic rings. The first kappa shape index (κ1) is 14.4. The van der Waals surface area contributed by atoms with Gasteiger partial charge in [0.15, 0.2) is 0 Å². The Labute approximate surface area is 114 Å². The molecule has 1 fully saturated rings. The van der Waals surface area contributed by atoms with Crippen LogP contribution >= 0.6 is 0 Å². The highest BCUT2D eigenvalue weighted by molar-refractivity contribution is 5.84. The van der Waals surface area contributed by atoms with Gasteiger partial charge in [-0.3, -0.25) is 4.79 Å². The number of rotatable bonds is 3. The summed E-state index contributed by atoms with van der Waals surface area (Å²) >= 11 is 0. The first-order valence-corrected chi connectivity index (χ1v) is 6.16. The number of pyridine rings is 1. The maximum Gasteiger partial charge on any atom is 0.416 e. The van der Waals surface area contributed by atoms with Crippen molar-refractivity contribution in [2.45, 2.75) is 25.1 Å². The number of nitrogens with zero attached hydrogens (tertiary/aromatic N) is 2. The van der Waals surface area contributed by atoms with Crippen molar-refractivity contribution in [3.63, 3.8) is 0 Å². The molecule has 0 saturated carbocycles. The van der Waals surface area contributed by atoms with Crippen molar-refractivity contribution in [2.24, 2.45) is 5.73 Å². The van der Waals surface area contributed by atoms with Crippen LogP contribution in [0.15, 0.2) is 12.1 Å². The monoisotopic (exact) mass is 288 g/mol. The Morgan fingerprint density at radius 1 is 1.50 bits per heavy atom.